The van der Waals surface area contributed by atoms with Crippen LogP contribution in [0.2, 0.25) is 0 Å². The molecule has 3 rings (SSSR count). The molecule has 0 saturated heterocycles. The van der Waals surface area contributed by atoms with E-state index in [1.807, 2.05) is 36.4 Å². The van der Waals surface area contributed by atoms with E-state index in [1.54, 1.807) is 6.20 Å². The Labute approximate surface area is 125 Å². The van der Waals surface area contributed by atoms with Crippen LogP contribution in [0.1, 0.15) is 5.69 Å². The van der Waals surface area contributed by atoms with Crippen LogP contribution in [0, 0.1) is 0 Å². The van der Waals surface area contributed by atoms with Gasteiger partial charge in [0.05, 0.1) is 5.69 Å². The highest BCUT2D eigenvalue weighted by molar-refractivity contribution is 9.10. The summed E-state index contributed by atoms with van der Waals surface area (Å²) in [4.78, 5) is 4.21. The number of hydrogen-bond acceptors (Lipinski definition) is 3. The van der Waals surface area contributed by atoms with Crippen LogP contribution in [0.4, 0.5) is 0 Å². The number of rotatable bonds is 3. The average Bonchev–Trinajstić information content (AvgIpc) is 2.48. The van der Waals surface area contributed by atoms with Gasteiger partial charge in [0.25, 0.3) is 0 Å². The van der Waals surface area contributed by atoms with Crippen molar-refractivity contribution in [3.63, 3.8) is 0 Å². The van der Waals surface area contributed by atoms with Gasteiger partial charge in [-0.15, -0.1) is 0 Å². The summed E-state index contributed by atoms with van der Waals surface area (Å²) in [6.07, 6.45) is 1.72. The standard InChI is InChI=1S/C16H13BrN2O/c17-13-5-3-12-9-14(6-4-11(12)8-13)20-16-2-1-7-19-15(16)10-18/h1-9H,10,18H2. The Kier molecular flexibility index (Phi) is 3.67. The Morgan fingerprint density at radius 1 is 1.05 bits per heavy atom. The number of aromatic nitrogens is 1. The summed E-state index contributed by atoms with van der Waals surface area (Å²) in [6, 6.07) is 15.9. The summed E-state index contributed by atoms with van der Waals surface area (Å²) >= 11 is 3.47. The van der Waals surface area contributed by atoms with Crippen LogP contribution in [0.5, 0.6) is 11.5 Å². The van der Waals surface area contributed by atoms with Gasteiger partial charge in [-0.3, -0.25) is 4.98 Å². The van der Waals surface area contributed by atoms with Crippen LogP contribution in [0.25, 0.3) is 10.8 Å². The van der Waals surface area contributed by atoms with Gasteiger partial charge in [-0.2, -0.15) is 0 Å². The summed E-state index contributed by atoms with van der Waals surface area (Å²) in [5.41, 5.74) is 6.42. The fourth-order valence-corrected chi connectivity index (χ4v) is 2.43. The maximum Gasteiger partial charge on any atom is 0.150 e. The third kappa shape index (κ3) is 2.66. The molecule has 1 heterocycles. The predicted molar refractivity (Wildman–Crippen MR) is 83.9 cm³/mol. The molecule has 20 heavy (non-hydrogen) atoms. The molecule has 100 valence electrons. The number of benzene rings is 2. The molecule has 3 aromatic rings. The van der Waals surface area contributed by atoms with Crippen LogP contribution in [0.3, 0.4) is 0 Å². The van der Waals surface area contributed by atoms with Gasteiger partial charge in [-0.25, -0.2) is 0 Å². The van der Waals surface area contributed by atoms with Crippen LogP contribution < -0.4 is 10.5 Å². The van der Waals surface area contributed by atoms with Crippen molar-refractivity contribution in [3.05, 3.63) is 64.9 Å². The van der Waals surface area contributed by atoms with Crippen molar-refractivity contribution in [1.82, 2.24) is 4.98 Å². The first kappa shape index (κ1) is 13.1. The Morgan fingerprint density at radius 3 is 2.70 bits per heavy atom. The molecule has 0 unspecified atom stereocenters. The van der Waals surface area contributed by atoms with Gasteiger partial charge in [-0.05, 0) is 47.2 Å². The maximum absolute atomic E-state index is 5.88. The van der Waals surface area contributed by atoms with Crippen molar-refractivity contribution < 1.29 is 4.74 Å². The molecule has 0 saturated carbocycles. The second kappa shape index (κ2) is 5.61. The Hall–Kier alpha value is -1.91. The van der Waals surface area contributed by atoms with Gasteiger partial charge >= 0.3 is 0 Å². The minimum Gasteiger partial charge on any atom is -0.455 e. The van der Waals surface area contributed by atoms with Gasteiger partial charge in [0.15, 0.2) is 0 Å². The number of nitrogens with zero attached hydrogens (tertiary/aromatic N) is 1. The van der Waals surface area contributed by atoms with Gasteiger partial charge in [0, 0.05) is 17.2 Å². The van der Waals surface area contributed by atoms with E-state index >= 15 is 0 Å². The second-order valence-corrected chi connectivity index (χ2v) is 5.32. The zero-order valence-corrected chi connectivity index (χ0v) is 12.3. The highest BCUT2D eigenvalue weighted by Gasteiger charge is 2.05. The lowest BCUT2D eigenvalue weighted by atomic mass is 10.1. The van der Waals surface area contributed by atoms with Crippen LogP contribution in [0.15, 0.2) is 59.2 Å². The zero-order chi connectivity index (χ0) is 13.9. The number of fused-ring (bicyclic) bond motifs is 1. The minimum atomic E-state index is 0.358. The Morgan fingerprint density at radius 2 is 1.85 bits per heavy atom. The fourth-order valence-electron chi connectivity index (χ4n) is 2.05. The molecule has 0 bridgehead atoms. The smallest absolute Gasteiger partial charge is 0.150 e. The van der Waals surface area contributed by atoms with E-state index in [4.69, 9.17) is 10.5 Å². The summed E-state index contributed by atoms with van der Waals surface area (Å²) in [5.74, 6) is 1.48. The topological polar surface area (TPSA) is 48.1 Å². The Balaban J connectivity index is 1.96. The highest BCUT2D eigenvalue weighted by atomic mass is 79.9. The normalized spacial score (nSPS) is 10.7. The number of hydrogen-bond donors (Lipinski definition) is 1. The molecule has 0 amide bonds. The first-order valence-corrected chi connectivity index (χ1v) is 7.07. The van der Waals surface area contributed by atoms with E-state index in [-0.39, 0.29) is 0 Å². The molecule has 2 aromatic carbocycles. The van der Waals surface area contributed by atoms with Gasteiger partial charge in [0.1, 0.15) is 11.5 Å². The van der Waals surface area contributed by atoms with Gasteiger partial charge < -0.3 is 10.5 Å². The predicted octanol–water partition coefficient (Wildman–Crippen LogP) is 4.25. The third-order valence-corrected chi connectivity index (χ3v) is 3.54. The Bertz CT molecular complexity index is 758. The van der Waals surface area contributed by atoms with Crippen molar-refractivity contribution in [2.24, 2.45) is 5.73 Å². The van der Waals surface area contributed by atoms with E-state index in [9.17, 15) is 0 Å². The number of halogens is 1. The van der Waals surface area contributed by atoms with E-state index in [1.165, 1.54) is 0 Å². The quantitative estimate of drug-likeness (QED) is 0.781. The first-order chi connectivity index (χ1) is 9.76. The van der Waals surface area contributed by atoms with Crippen molar-refractivity contribution in [1.29, 1.82) is 0 Å². The lowest BCUT2D eigenvalue weighted by molar-refractivity contribution is 0.473. The first-order valence-electron chi connectivity index (χ1n) is 6.27. The minimum absolute atomic E-state index is 0.358. The SMILES string of the molecule is NCc1ncccc1Oc1ccc2cc(Br)ccc2c1. The lowest BCUT2D eigenvalue weighted by Gasteiger charge is -2.09. The van der Waals surface area contributed by atoms with E-state index in [0.717, 1.165) is 26.7 Å². The van der Waals surface area contributed by atoms with Crippen molar-refractivity contribution in [3.8, 4) is 11.5 Å². The molecular formula is C16H13BrN2O. The molecule has 0 radical (unpaired) electrons. The van der Waals surface area contributed by atoms with E-state index < -0.39 is 0 Å². The van der Waals surface area contributed by atoms with E-state index in [0.29, 0.717) is 12.3 Å². The van der Waals surface area contributed by atoms with Crippen molar-refractivity contribution >= 4 is 26.7 Å². The molecular weight excluding hydrogens is 316 g/mol. The number of pyridine rings is 1. The third-order valence-electron chi connectivity index (χ3n) is 3.04. The molecule has 0 fully saturated rings. The molecule has 3 nitrogen and oxygen atoms in total. The maximum atomic E-state index is 5.88. The molecule has 4 heteroatoms. The molecule has 2 N–H and O–H groups in total. The largest absolute Gasteiger partial charge is 0.455 e. The fraction of sp³-hybridized carbons (Fsp3) is 0.0625. The summed E-state index contributed by atoms with van der Waals surface area (Å²) in [5, 5.41) is 2.29. The van der Waals surface area contributed by atoms with Crippen molar-refractivity contribution in [2.75, 3.05) is 0 Å². The average molecular weight is 329 g/mol. The van der Waals surface area contributed by atoms with Crippen LogP contribution in [-0.4, -0.2) is 4.98 Å². The van der Waals surface area contributed by atoms with Crippen LogP contribution in [-0.2, 0) is 6.54 Å². The van der Waals surface area contributed by atoms with E-state index in [2.05, 4.69) is 33.0 Å². The number of nitrogens with two attached hydrogens (primary N) is 1. The molecule has 1 aromatic heterocycles. The molecule has 0 atom stereocenters. The molecule has 0 aliphatic heterocycles. The van der Waals surface area contributed by atoms with Crippen molar-refractivity contribution in [2.45, 2.75) is 6.54 Å². The summed E-state index contributed by atoms with van der Waals surface area (Å²) in [6.45, 7) is 0.358. The van der Waals surface area contributed by atoms with Gasteiger partial charge in [-0.1, -0.05) is 28.1 Å². The summed E-state index contributed by atoms with van der Waals surface area (Å²) in [7, 11) is 0. The summed E-state index contributed by atoms with van der Waals surface area (Å²) < 4.78 is 6.95. The zero-order valence-electron chi connectivity index (χ0n) is 10.7. The molecule has 0 spiro atoms. The monoisotopic (exact) mass is 328 g/mol. The second-order valence-electron chi connectivity index (χ2n) is 4.41. The molecule has 0 aliphatic rings. The van der Waals surface area contributed by atoms with Gasteiger partial charge in [0.2, 0.25) is 0 Å². The highest BCUT2D eigenvalue weighted by Crippen LogP contribution is 2.28. The lowest BCUT2D eigenvalue weighted by Crippen LogP contribution is -2.01. The number of ether oxygens (including phenoxy) is 1. The van der Waals surface area contributed by atoms with Crippen LogP contribution >= 0.6 is 15.9 Å². The molecule has 0 aliphatic carbocycles.